The molecule has 0 saturated carbocycles. The molecule has 116 valence electrons. The summed E-state index contributed by atoms with van der Waals surface area (Å²) in [5.41, 5.74) is -0.0429. The number of nitrogens with zero attached hydrogens (tertiary/aromatic N) is 1. The van der Waals surface area contributed by atoms with E-state index in [9.17, 15) is 9.90 Å². The second-order valence-electron chi connectivity index (χ2n) is 5.56. The maximum absolute atomic E-state index is 11.7. The van der Waals surface area contributed by atoms with Crippen LogP contribution in [0.25, 0.3) is 6.08 Å². The van der Waals surface area contributed by atoms with Gasteiger partial charge in [-0.05, 0) is 44.8 Å². The Hall–Kier alpha value is -1.85. The Morgan fingerprint density at radius 3 is 2.52 bits per heavy atom. The molecule has 1 rings (SSSR count). The summed E-state index contributed by atoms with van der Waals surface area (Å²) in [6, 6.07) is 7.40. The second kappa shape index (κ2) is 7.81. The molecule has 5 heteroatoms. The SMILES string of the molecule is COc1ccc(/C=C/C(=O)NCC(C)(O)CN(C)C)cc1. The summed E-state index contributed by atoms with van der Waals surface area (Å²) >= 11 is 0. The number of methoxy groups -OCH3 is 1. The van der Waals surface area contributed by atoms with Crippen LogP contribution in [0.1, 0.15) is 12.5 Å². The Labute approximate surface area is 126 Å². The lowest BCUT2D eigenvalue weighted by Gasteiger charge is -2.26. The highest BCUT2D eigenvalue weighted by molar-refractivity contribution is 5.91. The lowest BCUT2D eigenvalue weighted by Crippen LogP contribution is -2.46. The fourth-order valence-electron chi connectivity index (χ4n) is 1.96. The van der Waals surface area contributed by atoms with Gasteiger partial charge in [-0.15, -0.1) is 0 Å². The Balaban J connectivity index is 2.47. The van der Waals surface area contributed by atoms with Crippen LogP contribution in [0.3, 0.4) is 0 Å². The molecule has 0 radical (unpaired) electrons. The summed E-state index contributed by atoms with van der Waals surface area (Å²) in [5.74, 6) is 0.543. The minimum absolute atomic E-state index is 0.205. The maximum Gasteiger partial charge on any atom is 0.244 e. The number of hydrogen-bond donors (Lipinski definition) is 2. The van der Waals surface area contributed by atoms with Gasteiger partial charge in [-0.1, -0.05) is 12.1 Å². The van der Waals surface area contributed by atoms with Crippen LogP contribution in [0.2, 0.25) is 0 Å². The van der Waals surface area contributed by atoms with Gasteiger partial charge in [-0.3, -0.25) is 4.79 Å². The summed E-state index contributed by atoms with van der Waals surface area (Å²) in [7, 11) is 5.36. The predicted octanol–water partition coefficient (Wildman–Crippen LogP) is 1.14. The average Bonchev–Trinajstić information content (AvgIpc) is 2.42. The highest BCUT2D eigenvalue weighted by atomic mass is 16.5. The number of carbonyl (C=O) groups is 1. The van der Waals surface area contributed by atoms with Crippen LogP contribution in [0.15, 0.2) is 30.3 Å². The van der Waals surface area contributed by atoms with Crippen molar-refractivity contribution in [1.29, 1.82) is 0 Å². The van der Waals surface area contributed by atoms with Gasteiger partial charge in [0.2, 0.25) is 5.91 Å². The Bertz CT molecular complexity index is 479. The topological polar surface area (TPSA) is 61.8 Å². The van der Waals surface area contributed by atoms with Crippen LogP contribution in [0, 0.1) is 0 Å². The molecule has 21 heavy (non-hydrogen) atoms. The minimum atomic E-state index is -0.951. The molecule has 1 amide bonds. The highest BCUT2D eigenvalue weighted by Gasteiger charge is 2.21. The summed E-state index contributed by atoms with van der Waals surface area (Å²) < 4.78 is 5.07. The molecule has 1 aromatic carbocycles. The van der Waals surface area contributed by atoms with Crippen LogP contribution in [0.4, 0.5) is 0 Å². The molecular formula is C16H24N2O3. The fraction of sp³-hybridized carbons (Fsp3) is 0.438. The van der Waals surface area contributed by atoms with Crippen LogP contribution in [0.5, 0.6) is 5.75 Å². The van der Waals surface area contributed by atoms with Crippen LogP contribution >= 0.6 is 0 Å². The summed E-state index contributed by atoms with van der Waals surface area (Å²) in [6.45, 7) is 2.38. The molecule has 0 aliphatic rings. The number of benzene rings is 1. The molecule has 1 aromatic rings. The third-order valence-corrected chi connectivity index (χ3v) is 2.84. The second-order valence-corrected chi connectivity index (χ2v) is 5.56. The zero-order valence-corrected chi connectivity index (χ0v) is 13.1. The number of amides is 1. The van der Waals surface area contributed by atoms with Crippen molar-refractivity contribution in [3.8, 4) is 5.75 Å². The van der Waals surface area contributed by atoms with Gasteiger partial charge in [0.25, 0.3) is 0 Å². The average molecular weight is 292 g/mol. The summed E-state index contributed by atoms with van der Waals surface area (Å²) in [4.78, 5) is 13.6. The van der Waals surface area contributed by atoms with Gasteiger partial charge in [0, 0.05) is 19.2 Å². The van der Waals surface area contributed by atoms with Gasteiger partial charge < -0.3 is 20.1 Å². The molecule has 0 heterocycles. The van der Waals surface area contributed by atoms with E-state index in [0.717, 1.165) is 11.3 Å². The maximum atomic E-state index is 11.7. The predicted molar refractivity (Wildman–Crippen MR) is 84.2 cm³/mol. The number of aliphatic hydroxyl groups is 1. The van der Waals surface area contributed by atoms with Crippen molar-refractivity contribution in [2.24, 2.45) is 0 Å². The van der Waals surface area contributed by atoms with E-state index in [2.05, 4.69) is 5.32 Å². The van der Waals surface area contributed by atoms with Crippen molar-refractivity contribution >= 4 is 12.0 Å². The Morgan fingerprint density at radius 1 is 1.38 bits per heavy atom. The van der Waals surface area contributed by atoms with Crippen molar-refractivity contribution in [2.75, 3.05) is 34.3 Å². The molecule has 0 aliphatic heterocycles. The van der Waals surface area contributed by atoms with E-state index >= 15 is 0 Å². The van der Waals surface area contributed by atoms with Crippen molar-refractivity contribution in [2.45, 2.75) is 12.5 Å². The van der Waals surface area contributed by atoms with Gasteiger partial charge in [0.05, 0.1) is 12.7 Å². The van der Waals surface area contributed by atoms with E-state index in [4.69, 9.17) is 4.74 Å². The third-order valence-electron chi connectivity index (χ3n) is 2.84. The van der Waals surface area contributed by atoms with Crippen LogP contribution in [-0.4, -0.2) is 55.8 Å². The first-order valence-corrected chi connectivity index (χ1v) is 6.79. The van der Waals surface area contributed by atoms with E-state index in [1.54, 1.807) is 20.1 Å². The standard InChI is InChI=1S/C16H24N2O3/c1-16(20,12-18(2)3)11-17-15(19)10-7-13-5-8-14(21-4)9-6-13/h5-10,20H,11-12H2,1-4H3,(H,17,19)/b10-7+. The number of rotatable bonds is 7. The number of likely N-dealkylation sites (N-methyl/N-ethyl adjacent to an activating group) is 1. The number of hydrogen-bond acceptors (Lipinski definition) is 4. The molecular weight excluding hydrogens is 268 g/mol. The zero-order valence-electron chi connectivity index (χ0n) is 13.1. The molecule has 0 spiro atoms. The van der Waals surface area contributed by atoms with Gasteiger partial charge >= 0.3 is 0 Å². The zero-order chi connectivity index (χ0) is 15.9. The van der Waals surface area contributed by atoms with Crippen molar-refractivity contribution < 1.29 is 14.6 Å². The van der Waals surface area contributed by atoms with Crippen LogP contribution in [-0.2, 0) is 4.79 Å². The van der Waals surface area contributed by atoms with E-state index in [0.29, 0.717) is 6.54 Å². The lowest BCUT2D eigenvalue weighted by molar-refractivity contribution is -0.117. The molecule has 0 aromatic heterocycles. The molecule has 2 N–H and O–H groups in total. The lowest BCUT2D eigenvalue weighted by atomic mass is 10.1. The van der Waals surface area contributed by atoms with E-state index in [1.165, 1.54) is 6.08 Å². The van der Waals surface area contributed by atoms with Gasteiger partial charge in [-0.2, -0.15) is 0 Å². The molecule has 1 unspecified atom stereocenters. The van der Waals surface area contributed by atoms with Crippen LogP contribution < -0.4 is 10.1 Å². The van der Waals surface area contributed by atoms with Gasteiger partial charge in [-0.25, -0.2) is 0 Å². The molecule has 0 saturated heterocycles. The third kappa shape index (κ3) is 6.92. The molecule has 5 nitrogen and oxygen atoms in total. The minimum Gasteiger partial charge on any atom is -0.497 e. The van der Waals surface area contributed by atoms with Crippen molar-refractivity contribution in [1.82, 2.24) is 10.2 Å². The number of ether oxygens (including phenoxy) is 1. The quantitative estimate of drug-likeness (QED) is 0.740. The number of nitrogens with one attached hydrogen (secondary N) is 1. The summed E-state index contributed by atoms with van der Waals surface area (Å²) in [6.07, 6.45) is 3.17. The highest BCUT2D eigenvalue weighted by Crippen LogP contribution is 2.12. The Morgan fingerprint density at radius 2 is 2.00 bits per heavy atom. The first-order chi connectivity index (χ1) is 9.82. The van der Waals surface area contributed by atoms with E-state index < -0.39 is 5.60 Å². The monoisotopic (exact) mass is 292 g/mol. The normalized spacial score (nSPS) is 14.2. The number of carbonyl (C=O) groups excluding carboxylic acids is 1. The molecule has 0 aliphatic carbocycles. The first-order valence-electron chi connectivity index (χ1n) is 6.79. The molecule has 1 atom stereocenters. The Kier molecular flexibility index (Phi) is 6.39. The first kappa shape index (κ1) is 17.2. The van der Waals surface area contributed by atoms with Gasteiger partial charge in [0.1, 0.15) is 5.75 Å². The molecule has 0 bridgehead atoms. The van der Waals surface area contributed by atoms with Crippen molar-refractivity contribution in [3.05, 3.63) is 35.9 Å². The van der Waals surface area contributed by atoms with E-state index in [1.807, 2.05) is 43.3 Å². The van der Waals surface area contributed by atoms with Crippen molar-refractivity contribution in [3.63, 3.8) is 0 Å². The van der Waals surface area contributed by atoms with E-state index in [-0.39, 0.29) is 12.5 Å². The smallest absolute Gasteiger partial charge is 0.244 e. The van der Waals surface area contributed by atoms with Gasteiger partial charge in [0.15, 0.2) is 0 Å². The largest absolute Gasteiger partial charge is 0.497 e. The molecule has 0 fully saturated rings. The fourth-order valence-corrected chi connectivity index (χ4v) is 1.96. The summed E-state index contributed by atoms with van der Waals surface area (Å²) in [5, 5.41) is 12.8.